The van der Waals surface area contributed by atoms with Crippen molar-refractivity contribution in [3.05, 3.63) is 29.4 Å². The summed E-state index contributed by atoms with van der Waals surface area (Å²) >= 11 is 0. The number of methoxy groups -OCH3 is 1. The van der Waals surface area contributed by atoms with Crippen molar-refractivity contribution in [2.24, 2.45) is 0 Å². The highest BCUT2D eigenvalue weighted by Gasteiger charge is 2.08. The maximum Gasteiger partial charge on any atom is 0.245 e. The van der Waals surface area contributed by atoms with Crippen LogP contribution in [0, 0.1) is 6.57 Å². The molecule has 0 aliphatic heterocycles. The summed E-state index contributed by atoms with van der Waals surface area (Å²) in [6.45, 7) is 8.42. The molecular formula is C9H10N2O2. The van der Waals surface area contributed by atoms with Crippen LogP contribution in [-0.4, -0.2) is 17.2 Å². The lowest BCUT2D eigenvalue weighted by atomic mass is 10.2. The van der Waals surface area contributed by atoms with Crippen molar-refractivity contribution in [1.29, 1.82) is 0 Å². The molecule has 68 valence electrons. The normalized spacial score (nSPS) is 11.8. The monoisotopic (exact) mass is 178 g/mol. The quantitative estimate of drug-likeness (QED) is 0.701. The smallest absolute Gasteiger partial charge is 0.245 e. The number of aliphatic hydroxyl groups is 1. The van der Waals surface area contributed by atoms with Crippen molar-refractivity contribution >= 4 is 5.69 Å². The highest BCUT2D eigenvalue weighted by atomic mass is 16.5. The van der Waals surface area contributed by atoms with Gasteiger partial charge < -0.3 is 9.84 Å². The van der Waals surface area contributed by atoms with Crippen molar-refractivity contribution in [2.45, 2.75) is 13.0 Å². The Morgan fingerprint density at radius 2 is 2.38 bits per heavy atom. The second-order valence-electron chi connectivity index (χ2n) is 2.57. The molecule has 1 aromatic heterocycles. The predicted octanol–water partition coefficient (Wildman–Crippen LogP) is 1.69. The minimum atomic E-state index is -0.645. The summed E-state index contributed by atoms with van der Waals surface area (Å²) in [4.78, 5) is 7.14. The van der Waals surface area contributed by atoms with Crippen molar-refractivity contribution in [3.8, 4) is 5.75 Å². The molecule has 0 bridgehead atoms. The Bertz CT molecular complexity index is 342. The molecule has 1 rings (SSSR count). The molecule has 0 fully saturated rings. The fraction of sp³-hybridized carbons (Fsp3) is 0.333. The molecule has 0 aliphatic carbocycles. The first kappa shape index (κ1) is 9.49. The minimum Gasteiger partial charge on any atom is -0.508 e. The second-order valence-corrected chi connectivity index (χ2v) is 2.57. The number of pyridine rings is 1. The van der Waals surface area contributed by atoms with Crippen molar-refractivity contribution in [2.75, 3.05) is 7.11 Å². The van der Waals surface area contributed by atoms with Crippen LogP contribution in [0.2, 0.25) is 0 Å². The Hall–Kier alpha value is -1.60. The van der Waals surface area contributed by atoms with Gasteiger partial charge in [-0.1, -0.05) is 0 Å². The van der Waals surface area contributed by atoms with Gasteiger partial charge in [0, 0.05) is 6.20 Å². The van der Waals surface area contributed by atoms with Crippen LogP contribution in [-0.2, 0) is 0 Å². The van der Waals surface area contributed by atoms with Gasteiger partial charge in [0.2, 0.25) is 5.69 Å². The lowest BCUT2D eigenvalue weighted by Gasteiger charge is -2.07. The van der Waals surface area contributed by atoms with Gasteiger partial charge >= 0.3 is 0 Å². The minimum absolute atomic E-state index is 0.354. The van der Waals surface area contributed by atoms with Crippen LogP contribution in [0.3, 0.4) is 0 Å². The third-order valence-electron chi connectivity index (χ3n) is 1.64. The maximum absolute atomic E-state index is 9.21. The van der Waals surface area contributed by atoms with E-state index in [4.69, 9.17) is 11.3 Å². The van der Waals surface area contributed by atoms with Crippen molar-refractivity contribution in [1.82, 2.24) is 4.98 Å². The summed E-state index contributed by atoms with van der Waals surface area (Å²) in [5.74, 6) is 0.445. The Morgan fingerprint density at radius 3 is 2.85 bits per heavy atom. The Labute approximate surface area is 76.6 Å². The third-order valence-corrected chi connectivity index (χ3v) is 1.64. The first-order valence-corrected chi connectivity index (χ1v) is 3.78. The zero-order valence-corrected chi connectivity index (χ0v) is 7.48. The largest absolute Gasteiger partial charge is 0.508 e. The van der Waals surface area contributed by atoms with E-state index in [1.54, 1.807) is 13.0 Å². The number of aromatic nitrogens is 1. The molecule has 0 aromatic carbocycles. The van der Waals surface area contributed by atoms with E-state index < -0.39 is 6.10 Å². The zero-order valence-electron chi connectivity index (χ0n) is 7.48. The molecule has 0 amide bonds. The van der Waals surface area contributed by atoms with Gasteiger partial charge in [-0.05, 0) is 13.0 Å². The molecule has 1 atom stereocenters. The van der Waals surface area contributed by atoms with Crippen LogP contribution < -0.4 is 4.74 Å². The number of ether oxygens (including phenoxy) is 1. The SMILES string of the molecule is [C-]#[N+]c1cnc(C(C)O)cc1OC. The van der Waals surface area contributed by atoms with E-state index in [0.29, 0.717) is 17.1 Å². The predicted molar refractivity (Wildman–Crippen MR) is 47.7 cm³/mol. The van der Waals surface area contributed by atoms with Gasteiger partial charge in [0.25, 0.3) is 0 Å². The van der Waals surface area contributed by atoms with E-state index in [1.165, 1.54) is 13.3 Å². The number of rotatable bonds is 2. The van der Waals surface area contributed by atoms with Crippen LogP contribution >= 0.6 is 0 Å². The summed E-state index contributed by atoms with van der Waals surface area (Å²) in [5, 5.41) is 9.21. The average Bonchev–Trinajstić information content (AvgIpc) is 2.16. The molecule has 0 aliphatic rings. The van der Waals surface area contributed by atoms with E-state index in [0.717, 1.165) is 0 Å². The molecular weight excluding hydrogens is 168 g/mol. The molecule has 0 saturated heterocycles. The van der Waals surface area contributed by atoms with E-state index in [9.17, 15) is 5.11 Å². The van der Waals surface area contributed by atoms with Crippen LogP contribution in [0.15, 0.2) is 12.3 Å². The van der Waals surface area contributed by atoms with Gasteiger partial charge in [-0.3, -0.25) is 4.98 Å². The van der Waals surface area contributed by atoms with Crippen LogP contribution in [0.5, 0.6) is 5.75 Å². The van der Waals surface area contributed by atoms with Crippen LogP contribution in [0.4, 0.5) is 5.69 Å². The Kier molecular flexibility index (Phi) is 2.83. The highest BCUT2D eigenvalue weighted by Crippen LogP contribution is 2.28. The summed E-state index contributed by atoms with van der Waals surface area (Å²) in [6.07, 6.45) is 0.752. The van der Waals surface area contributed by atoms with Crippen molar-refractivity contribution in [3.63, 3.8) is 0 Å². The lowest BCUT2D eigenvalue weighted by molar-refractivity contribution is 0.194. The average molecular weight is 178 g/mol. The first-order chi connectivity index (χ1) is 6.19. The summed E-state index contributed by atoms with van der Waals surface area (Å²) in [6, 6.07) is 1.57. The molecule has 1 aromatic rings. The van der Waals surface area contributed by atoms with Gasteiger partial charge in [-0.25, -0.2) is 4.85 Å². The van der Waals surface area contributed by atoms with Crippen LogP contribution in [0.25, 0.3) is 4.85 Å². The third kappa shape index (κ3) is 1.95. The molecule has 0 saturated carbocycles. The lowest BCUT2D eigenvalue weighted by Crippen LogP contribution is -1.95. The number of hydrogen-bond donors (Lipinski definition) is 1. The topological polar surface area (TPSA) is 46.7 Å². The molecule has 1 heterocycles. The summed E-state index contributed by atoms with van der Waals surface area (Å²) in [7, 11) is 1.48. The highest BCUT2D eigenvalue weighted by molar-refractivity contribution is 5.56. The molecule has 4 nitrogen and oxygen atoms in total. The van der Waals surface area contributed by atoms with E-state index in [2.05, 4.69) is 9.83 Å². The molecule has 1 unspecified atom stereocenters. The second kappa shape index (κ2) is 3.87. The molecule has 13 heavy (non-hydrogen) atoms. The number of aliphatic hydroxyl groups excluding tert-OH is 1. The van der Waals surface area contributed by atoms with Gasteiger partial charge in [0.1, 0.15) is 5.75 Å². The zero-order chi connectivity index (χ0) is 9.84. The fourth-order valence-electron chi connectivity index (χ4n) is 0.921. The van der Waals surface area contributed by atoms with E-state index >= 15 is 0 Å². The number of hydrogen-bond acceptors (Lipinski definition) is 3. The van der Waals surface area contributed by atoms with Crippen LogP contribution in [0.1, 0.15) is 18.7 Å². The van der Waals surface area contributed by atoms with Gasteiger partial charge in [-0.15, -0.1) is 0 Å². The van der Waals surface area contributed by atoms with Gasteiger partial charge in [0.05, 0.1) is 25.5 Å². The summed E-state index contributed by atoms with van der Waals surface area (Å²) in [5.41, 5.74) is 0.858. The van der Waals surface area contributed by atoms with E-state index in [-0.39, 0.29) is 0 Å². The van der Waals surface area contributed by atoms with Gasteiger partial charge in [-0.2, -0.15) is 0 Å². The Morgan fingerprint density at radius 1 is 1.69 bits per heavy atom. The molecule has 4 heteroatoms. The maximum atomic E-state index is 9.21. The van der Waals surface area contributed by atoms with E-state index in [1.807, 2.05) is 0 Å². The molecule has 0 radical (unpaired) electrons. The summed E-state index contributed by atoms with van der Waals surface area (Å²) < 4.78 is 4.96. The Balaban J connectivity index is 3.15. The van der Waals surface area contributed by atoms with Gasteiger partial charge in [0.15, 0.2) is 0 Å². The molecule has 0 spiro atoms. The fourth-order valence-corrected chi connectivity index (χ4v) is 0.921. The standard InChI is InChI=1S/C9H10N2O2/c1-6(12)7-4-9(13-3)8(10-2)5-11-7/h4-6,12H,1,3H3. The number of nitrogens with zero attached hydrogens (tertiary/aromatic N) is 2. The molecule has 1 N–H and O–H groups in total. The first-order valence-electron chi connectivity index (χ1n) is 3.78. The van der Waals surface area contributed by atoms with Crippen molar-refractivity contribution < 1.29 is 9.84 Å².